The number of likely N-dealkylation sites (tertiary alicyclic amines) is 1. The van der Waals surface area contributed by atoms with Gasteiger partial charge in [0.1, 0.15) is 0 Å². The topological polar surface area (TPSA) is 23.6 Å². The van der Waals surface area contributed by atoms with E-state index < -0.39 is 0 Å². The van der Waals surface area contributed by atoms with Gasteiger partial charge in [0.25, 0.3) is 5.91 Å². The highest BCUT2D eigenvalue weighted by Crippen LogP contribution is 2.53. The van der Waals surface area contributed by atoms with E-state index in [1.54, 1.807) is 0 Å². The lowest BCUT2D eigenvalue weighted by molar-refractivity contribution is -0.00195. The van der Waals surface area contributed by atoms with Crippen LogP contribution in [0.2, 0.25) is 0 Å². The number of benzene rings is 1. The van der Waals surface area contributed by atoms with Gasteiger partial charge in [-0.25, -0.2) is 0 Å². The molecule has 1 spiro atoms. The van der Waals surface area contributed by atoms with Gasteiger partial charge < -0.3 is 9.80 Å². The molecule has 1 saturated heterocycles. The van der Waals surface area contributed by atoms with E-state index >= 15 is 0 Å². The van der Waals surface area contributed by atoms with Gasteiger partial charge in [-0.1, -0.05) is 31.0 Å². The van der Waals surface area contributed by atoms with Gasteiger partial charge in [-0.05, 0) is 82.5 Å². The van der Waals surface area contributed by atoms with Gasteiger partial charge >= 0.3 is 0 Å². The summed E-state index contributed by atoms with van der Waals surface area (Å²) in [5, 5.41) is 0. The molecule has 1 amide bonds. The maximum absolute atomic E-state index is 12.8. The number of rotatable bonds is 3. The first-order valence-electron chi connectivity index (χ1n) is 10.6. The van der Waals surface area contributed by atoms with Gasteiger partial charge in [0.05, 0.1) is 0 Å². The van der Waals surface area contributed by atoms with Crippen molar-refractivity contribution in [2.75, 3.05) is 27.2 Å². The summed E-state index contributed by atoms with van der Waals surface area (Å²) in [7, 11) is 4.60. The molecule has 26 heavy (non-hydrogen) atoms. The van der Waals surface area contributed by atoms with Crippen molar-refractivity contribution in [2.24, 2.45) is 11.3 Å². The van der Waals surface area contributed by atoms with E-state index in [1.165, 1.54) is 57.8 Å². The van der Waals surface area contributed by atoms with Crippen molar-refractivity contribution in [1.82, 2.24) is 9.80 Å². The second-order valence-electron chi connectivity index (χ2n) is 9.32. The molecule has 0 unspecified atom stereocenters. The SMILES string of the molecule is CN(C)C1(C2CCCC2)CCC2(CCN(C(=O)c3ccccc3)C2)CC1. The number of amides is 1. The van der Waals surface area contributed by atoms with E-state index in [9.17, 15) is 4.79 Å². The molecule has 0 aromatic heterocycles. The zero-order chi connectivity index (χ0) is 18.2. The van der Waals surface area contributed by atoms with E-state index in [0.717, 1.165) is 24.6 Å². The lowest BCUT2D eigenvalue weighted by atomic mass is 9.62. The fourth-order valence-electron chi connectivity index (χ4n) is 6.18. The van der Waals surface area contributed by atoms with Gasteiger partial charge in [0.15, 0.2) is 0 Å². The minimum Gasteiger partial charge on any atom is -0.338 e. The van der Waals surface area contributed by atoms with Crippen LogP contribution in [0.25, 0.3) is 0 Å². The van der Waals surface area contributed by atoms with Gasteiger partial charge in [0, 0.05) is 24.2 Å². The highest BCUT2D eigenvalue weighted by molar-refractivity contribution is 5.94. The minimum atomic E-state index is 0.225. The maximum atomic E-state index is 12.8. The number of carbonyl (C=O) groups excluding carboxylic acids is 1. The highest BCUT2D eigenvalue weighted by Gasteiger charge is 2.50. The van der Waals surface area contributed by atoms with E-state index in [0.29, 0.717) is 11.0 Å². The Hall–Kier alpha value is -1.35. The van der Waals surface area contributed by atoms with Crippen molar-refractivity contribution >= 4 is 5.91 Å². The normalized spacial score (nSPS) is 32.7. The Morgan fingerprint density at radius 3 is 2.27 bits per heavy atom. The van der Waals surface area contributed by atoms with Crippen LogP contribution in [0, 0.1) is 11.3 Å². The Morgan fingerprint density at radius 1 is 1.00 bits per heavy atom. The van der Waals surface area contributed by atoms with Crippen LogP contribution in [0.4, 0.5) is 0 Å². The van der Waals surface area contributed by atoms with Crippen LogP contribution in [0.5, 0.6) is 0 Å². The Kier molecular flexibility index (Phi) is 4.85. The van der Waals surface area contributed by atoms with Crippen LogP contribution in [-0.2, 0) is 0 Å². The largest absolute Gasteiger partial charge is 0.338 e. The van der Waals surface area contributed by atoms with E-state index in [4.69, 9.17) is 0 Å². The predicted octanol–water partition coefficient (Wildman–Crippen LogP) is 4.58. The number of hydrogen-bond acceptors (Lipinski definition) is 2. The zero-order valence-corrected chi connectivity index (χ0v) is 16.5. The summed E-state index contributed by atoms with van der Waals surface area (Å²) in [4.78, 5) is 17.5. The highest BCUT2D eigenvalue weighted by atomic mass is 16.2. The number of nitrogens with zero attached hydrogens (tertiary/aromatic N) is 2. The van der Waals surface area contributed by atoms with Crippen LogP contribution in [0.15, 0.2) is 30.3 Å². The standard InChI is InChI=1S/C23H34N2O/c1-24(2)23(20-10-6-7-11-20)14-12-22(13-15-23)16-17-25(18-22)21(26)19-8-4-3-5-9-19/h3-5,8-9,20H,6-7,10-18H2,1-2H3. The third-order valence-corrected chi connectivity index (χ3v) is 7.93. The summed E-state index contributed by atoms with van der Waals surface area (Å²) in [6.45, 7) is 1.90. The van der Waals surface area contributed by atoms with Crippen molar-refractivity contribution in [3.05, 3.63) is 35.9 Å². The first-order chi connectivity index (χ1) is 12.5. The molecule has 1 aromatic carbocycles. The Morgan fingerprint density at radius 2 is 1.65 bits per heavy atom. The summed E-state index contributed by atoms with van der Waals surface area (Å²) in [6.07, 6.45) is 12.1. The van der Waals surface area contributed by atoms with Crippen molar-refractivity contribution in [3.63, 3.8) is 0 Å². The summed E-state index contributed by atoms with van der Waals surface area (Å²) in [5.41, 5.74) is 1.63. The van der Waals surface area contributed by atoms with E-state index in [-0.39, 0.29) is 5.91 Å². The molecule has 1 heterocycles. The van der Waals surface area contributed by atoms with Crippen LogP contribution in [-0.4, -0.2) is 48.4 Å². The van der Waals surface area contributed by atoms with Crippen molar-refractivity contribution in [1.29, 1.82) is 0 Å². The Bertz CT molecular complexity index is 625. The first kappa shape index (κ1) is 18.0. The smallest absolute Gasteiger partial charge is 0.253 e. The molecule has 3 nitrogen and oxygen atoms in total. The molecule has 0 N–H and O–H groups in total. The molecule has 0 atom stereocenters. The number of hydrogen-bond donors (Lipinski definition) is 0. The fourth-order valence-corrected chi connectivity index (χ4v) is 6.18. The average Bonchev–Trinajstić information content (AvgIpc) is 3.34. The third kappa shape index (κ3) is 3.09. The van der Waals surface area contributed by atoms with Crippen LogP contribution >= 0.6 is 0 Å². The van der Waals surface area contributed by atoms with Crippen LogP contribution in [0.1, 0.15) is 68.1 Å². The molecule has 0 bridgehead atoms. The summed E-state index contributed by atoms with van der Waals surface area (Å²) in [5.74, 6) is 1.11. The monoisotopic (exact) mass is 354 g/mol. The molecule has 3 aliphatic rings. The van der Waals surface area contributed by atoms with Crippen molar-refractivity contribution in [2.45, 2.75) is 63.3 Å². The Balaban J connectivity index is 1.43. The minimum absolute atomic E-state index is 0.225. The lowest BCUT2D eigenvalue weighted by Crippen LogP contribution is -2.54. The van der Waals surface area contributed by atoms with Gasteiger partial charge in [-0.3, -0.25) is 4.79 Å². The maximum Gasteiger partial charge on any atom is 0.253 e. The van der Waals surface area contributed by atoms with Crippen LogP contribution in [0.3, 0.4) is 0 Å². The molecule has 3 fully saturated rings. The summed E-state index contributed by atoms with van der Waals surface area (Å²) >= 11 is 0. The molecule has 2 saturated carbocycles. The molecular weight excluding hydrogens is 320 g/mol. The molecule has 2 aliphatic carbocycles. The summed E-state index contributed by atoms with van der Waals surface area (Å²) in [6, 6.07) is 9.81. The molecule has 1 aromatic rings. The summed E-state index contributed by atoms with van der Waals surface area (Å²) < 4.78 is 0. The lowest BCUT2D eigenvalue weighted by Gasteiger charge is -2.52. The van der Waals surface area contributed by atoms with Gasteiger partial charge in [-0.15, -0.1) is 0 Å². The quantitative estimate of drug-likeness (QED) is 0.793. The molecule has 142 valence electrons. The second-order valence-corrected chi connectivity index (χ2v) is 9.32. The molecule has 1 aliphatic heterocycles. The van der Waals surface area contributed by atoms with Gasteiger partial charge in [0.2, 0.25) is 0 Å². The first-order valence-corrected chi connectivity index (χ1v) is 10.6. The van der Waals surface area contributed by atoms with E-state index in [1.807, 2.05) is 30.3 Å². The average molecular weight is 355 g/mol. The molecular formula is C23H34N2O. The van der Waals surface area contributed by atoms with Crippen LogP contribution < -0.4 is 0 Å². The third-order valence-electron chi connectivity index (χ3n) is 7.93. The molecule has 4 rings (SSSR count). The van der Waals surface area contributed by atoms with Crippen molar-refractivity contribution in [3.8, 4) is 0 Å². The zero-order valence-electron chi connectivity index (χ0n) is 16.5. The predicted molar refractivity (Wildman–Crippen MR) is 106 cm³/mol. The fraction of sp³-hybridized carbons (Fsp3) is 0.696. The Labute approximate surface area is 158 Å². The van der Waals surface area contributed by atoms with Crippen molar-refractivity contribution < 1.29 is 4.79 Å². The van der Waals surface area contributed by atoms with Gasteiger partial charge in [-0.2, -0.15) is 0 Å². The van der Waals surface area contributed by atoms with E-state index in [2.05, 4.69) is 23.9 Å². The molecule has 3 heteroatoms. The number of carbonyl (C=O) groups is 1. The molecule has 0 radical (unpaired) electrons. The second kappa shape index (κ2) is 6.99.